The highest BCUT2D eigenvalue weighted by molar-refractivity contribution is 5.77. The Balaban J connectivity index is 1.22. The summed E-state index contributed by atoms with van der Waals surface area (Å²) < 4.78 is 13.9. The summed E-state index contributed by atoms with van der Waals surface area (Å²) >= 11 is 0. The quantitative estimate of drug-likeness (QED) is 0.249. The van der Waals surface area contributed by atoms with Crippen LogP contribution >= 0.6 is 0 Å². The minimum Gasteiger partial charge on any atom is -0.491 e. The fourth-order valence-corrected chi connectivity index (χ4v) is 4.22. The van der Waals surface area contributed by atoms with E-state index in [2.05, 4.69) is 48.0 Å². The first kappa shape index (κ1) is 25.3. The van der Waals surface area contributed by atoms with Crippen molar-refractivity contribution >= 4 is 16.9 Å². The molecule has 0 atom stereocenters. The van der Waals surface area contributed by atoms with Crippen molar-refractivity contribution in [3.63, 3.8) is 0 Å². The molecule has 4 aromatic rings. The molecule has 0 saturated carbocycles. The lowest BCUT2D eigenvalue weighted by Crippen LogP contribution is -2.29. The van der Waals surface area contributed by atoms with Crippen molar-refractivity contribution in [1.82, 2.24) is 14.9 Å². The Labute approximate surface area is 213 Å². The SMILES string of the molecule is Cc1cccc(OCCn2c(CCCCCNC(=O)COc3ccccc3)nc3ccccc32)c1C. The molecule has 0 aliphatic carbocycles. The average Bonchev–Trinajstić information content (AvgIpc) is 3.25. The van der Waals surface area contributed by atoms with Crippen LogP contribution in [0.2, 0.25) is 0 Å². The van der Waals surface area contributed by atoms with E-state index < -0.39 is 0 Å². The van der Waals surface area contributed by atoms with Crippen LogP contribution in [0.5, 0.6) is 11.5 Å². The summed E-state index contributed by atoms with van der Waals surface area (Å²) in [6, 6.07) is 23.8. The third kappa shape index (κ3) is 6.87. The predicted octanol–water partition coefficient (Wildman–Crippen LogP) is 5.64. The number of rotatable bonds is 13. The van der Waals surface area contributed by atoms with Gasteiger partial charge in [0.25, 0.3) is 5.91 Å². The summed E-state index contributed by atoms with van der Waals surface area (Å²) in [5.41, 5.74) is 4.58. The molecule has 0 saturated heterocycles. The summed E-state index contributed by atoms with van der Waals surface area (Å²) in [6.07, 6.45) is 3.84. The number of carbonyl (C=O) groups excluding carboxylic acids is 1. The van der Waals surface area contributed by atoms with Crippen molar-refractivity contribution in [3.05, 3.63) is 89.7 Å². The van der Waals surface area contributed by atoms with E-state index >= 15 is 0 Å². The zero-order chi connectivity index (χ0) is 25.2. The molecule has 6 heteroatoms. The van der Waals surface area contributed by atoms with Gasteiger partial charge in [-0.25, -0.2) is 4.98 Å². The van der Waals surface area contributed by atoms with E-state index in [1.807, 2.05) is 48.5 Å². The maximum absolute atomic E-state index is 12.0. The number of imidazole rings is 1. The van der Waals surface area contributed by atoms with Gasteiger partial charge in [0, 0.05) is 13.0 Å². The van der Waals surface area contributed by atoms with Crippen LogP contribution in [0, 0.1) is 13.8 Å². The van der Waals surface area contributed by atoms with E-state index in [1.165, 1.54) is 11.1 Å². The lowest BCUT2D eigenvalue weighted by Gasteiger charge is -2.13. The van der Waals surface area contributed by atoms with E-state index in [9.17, 15) is 4.79 Å². The van der Waals surface area contributed by atoms with Gasteiger partial charge in [0.2, 0.25) is 0 Å². The largest absolute Gasteiger partial charge is 0.491 e. The smallest absolute Gasteiger partial charge is 0.257 e. The van der Waals surface area contributed by atoms with Gasteiger partial charge in [0.1, 0.15) is 23.9 Å². The van der Waals surface area contributed by atoms with Crippen LogP contribution in [0.25, 0.3) is 11.0 Å². The fraction of sp³-hybridized carbons (Fsp3) is 0.333. The van der Waals surface area contributed by atoms with Gasteiger partial charge in [-0.1, -0.05) is 48.9 Å². The monoisotopic (exact) mass is 485 g/mol. The number of fused-ring (bicyclic) bond motifs is 1. The lowest BCUT2D eigenvalue weighted by atomic mass is 10.1. The number of nitrogens with one attached hydrogen (secondary N) is 1. The highest BCUT2D eigenvalue weighted by Gasteiger charge is 2.11. The van der Waals surface area contributed by atoms with Gasteiger partial charge in [-0.2, -0.15) is 0 Å². The molecule has 4 rings (SSSR count). The molecule has 188 valence electrons. The number of hydrogen-bond acceptors (Lipinski definition) is 4. The normalized spacial score (nSPS) is 10.9. The first-order chi connectivity index (χ1) is 17.6. The Bertz CT molecular complexity index is 1270. The van der Waals surface area contributed by atoms with E-state index in [-0.39, 0.29) is 12.5 Å². The second-order valence-electron chi connectivity index (χ2n) is 8.98. The van der Waals surface area contributed by atoms with Crippen LogP contribution in [0.15, 0.2) is 72.8 Å². The molecule has 0 aliphatic rings. The molecule has 6 nitrogen and oxygen atoms in total. The number of carbonyl (C=O) groups is 1. The molecular weight excluding hydrogens is 450 g/mol. The third-order valence-corrected chi connectivity index (χ3v) is 6.37. The topological polar surface area (TPSA) is 65.4 Å². The molecule has 0 aliphatic heterocycles. The standard InChI is InChI=1S/C30H35N3O3/c1-23-12-11-17-28(24(23)2)35-21-20-33-27-16-9-8-15-26(27)32-29(33)18-7-4-10-19-31-30(34)22-36-25-13-5-3-6-14-25/h3,5-6,8-9,11-17H,4,7,10,18-22H2,1-2H3,(H,31,34). The number of aryl methyl sites for hydroxylation is 2. The Hall–Kier alpha value is -3.80. The maximum atomic E-state index is 12.0. The molecule has 1 amide bonds. The molecule has 1 aromatic heterocycles. The Morgan fingerprint density at radius 2 is 1.69 bits per heavy atom. The van der Waals surface area contributed by atoms with E-state index in [0.29, 0.717) is 18.9 Å². The van der Waals surface area contributed by atoms with Crippen molar-refractivity contribution in [2.75, 3.05) is 19.8 Å². The number of para-hydroxylation sites is 3. The summed E-state index contributed by atoms with van der Waals surface area (Å²) in [6.45, 7) is 6.24. The number of benzene rings is 3. The van der Waals surface area contributed by atoms with E-state index in [1.54, 1.807) is 0 Å². The van der Waals surface area contributed by atoms with Gasteiger partial charge in [-0.05, 0) is 68.1 Å². The number of nitrogens with zero attached hydrogens (tertiary/aromatic N) is 2. The average molecular weight is 486 g/mol. The summed E-state index contributed by atoms with van der Waals surface area (Å²) in [4.78, 5) is 16.9. The molecule has 0 unspecified atom stereocenters. The lowest BCUT2D eigenvalue weighted by molar-refractivity contribution is -0.123. The molecule has 36 heavy (non-hydrogen) atoms. The first-order valence-corrected chi connectivity index (χ1v) is 12.7. The molecule has 1 N–H and O–H groups in total. The minimum atomic E-state index is -0.0931. The molecule has 1 heterocycles. The van der Waals surface area contributed by atoms with Crippen LogP contribution in [0.3, 0.4) is 0 Å². The van der Waals surface area contributed by atoms with Crippen LogP contribution in [0.1, 0.15) is 36.2 Å². The molecule has 0 bridgehead atoms. The highest BCUT2D eigenvalue weighted by atomic mass is 16.5. The minimum absolute atomic E-state index is 0.0399. The number of aromatic nitrogens is 2. The van der Waals surface area contributed by atoms with Gasteiger partial charge in [0.15, 0.2) is 6.61 Å². The van der Waals surface area contributed by atoms with Crippen molar-refractivity contribution < 1.29 is 14.3 Å². The van der Waals surface area contributed by atoms with Crippen LogP contribution < -0.4 is 14.8 Å². The van der Waals surface area contributed by atoms with Gasteiger partial charge in [0.05, 0.1) is 17.6 Å². The molecule has 0 radical (unpaired) electrons. The summed E-state index contributed by atoms with van der Waals surface area (Å²) in [7, 11) is 0. The van der Waals surface area contributed by atoms with Gasteiger partial charge >= 0.3 is 0 Å². The second-order valence-corrected chi connectivity index (χ2v) is 8.98. The zero-order valence-electron chi connectivity index (χ0n) is 21.2. The van der Waals surface area contributed by atoms with Crippen molar-refractivity contribution in [2.24, 2.45) is 0 Å². The van der Waals surface area contributed by atoms with Crippen LogP contribution in [-0.2, 0) is 17.8 Å². The Kier molecular flexibility index (Phi) is 8.98. The second kappa shape index (κ2) is 12.8. The highest BCUT2D eigenvalue weighted by Crippen LogP contribution is 2.22. The molecule has 0 fully saturated rings. The fourth-order valence-electron chi connectivity index (χ4n) is 4.22. The molecular formula is C30H35N3O3. The summed E-state index contributed by atoms with van der Waals surface area (Å²) in [5, 5.41) is 2.94. The predicted molar refractivity (Wildman–Crippen MR) is 144 cm³/mol. The Morgan fingerprint density at radius 1 is 0.889 bits per heavy atom. The third-order valence-electron chi connectivity index (χ3n) is 6.37. The molecule has 0 spiro atoms. The van der Waals surface area contributed by atoms with Crippen molar-refractivity contribution in [3.8, 4) is 11.5 Å². The van der Waals surface area contributed by atoms with Gasteiger partial charge < -0.3 is 19.4 Å². The number of ether oxygens (including phenoxy) is 2. The summed E-state index contributed by atoms with van der Waals surface area (Å²) in [5.74, 6) is 2.64. The number of amides is 1. The van der Waals surface area contributed by atoms with Gasteiger partial charge in [-0.3, -0.25) is 4.79 Å². The van der Waals surface area contributed by atoms with E-state index in [4.69, 9.17) is 14.5 Å². The number of unbranched alkanes of at least 4 members (excludes halogenated alkanes) is 2. The van der Waals surface area contributed by atoms with Crippen molar-refractivity contribution in [1.29, 1.82) is 0 Å². The zero-order valence-corrected chi connectivity index (χ0v) is 21.2. The van der Waals surface area contributed by atoms with E-state index in [0.717, 1.165) is 54.8 Å². The van der Waals surface area contributed by atoms with Crippen LogP contribution in [-0.4, -0.2) is 35.2 Å². The molecule has 3 aromatic carbocycles. The first-order valence-electron chi connectivity index (χ1n) is 12.7. The van der Waals surface area contributed by atoms with Gasteiger partial charge in [-0.15, -0.1) is 0 Å². The van der Waals surface area contributed by atoms with Crippen LogP contribution in [0.4, 0.5) is 0 Å². The number of hydrogen-bond donors (Lipinski definition) is 1. The maximum Gasteiger partial charge on any atom is 0.257 e. The Morgan fingerprint density at radius 3 is 2.56 bits per heavy atom. The van der Waals surface area contributed by atoms with Crippen molar-refractivity contribution in [2.45, 2.75) is 46.1 Å².